The van der Waals surface area contributed by atoms with Crippen molar-refractivity contribution in [1.29, 1.82) is 0 Å². The van der Waals surface area contributed by atoms with E-state index in [0.717, 1.165) is 0 Å². The van der Waals surface area contributed by atoms with Crippen LogP contribution in [0.1, 0.15) is 48.5 Å². The van der Waals surface area contributed by atoms with E-state index in [1.165, 1.54) is 6.92 Å². The average Bonchev–Trinajstić information content (AvgIpc) is 1.93. The molecule has 0 aromatic carbocycles. The monoisotopic (exact) mass is 162 g/mol. The highest BCUT2D eigenvalue weighted by Gasteiger charge is 1.93. The quantitative estimate of drug-likeness (QED) is 0.554. The van der Waals surface area contributed by atoms with Crippen molar-refractivity contribution in [2.24, 2.45) is 0 Å². The molecule has 70 valence electrons. The standard InChI is InChI=1S/C5H10O2.2C2H6/c1-4(2)7-5(3)6;2*1-2/h4H,1-3H3;2*1-2H3. The molecule has 0 N–H and O–H groups in total. The molecule has 0 rings (SSSR count). The Bertz CT molecular complexity index is 68.0. The Hall–Kier alpha value is -0.530. The molecule has 0 aliphatic carbocycles. The molecule has 2 heteroatoms. The first-order chi connectivity index (χ1) is 5.13. The van der Waals surface area contributed by atoms with Crippen molar-refractivity contribution >= 4 is 5.97 Å². The van der Waals surface area contributed by atoms with E-state index in [1.54, 1.807) is 0 Å². The normalized spacial score (nSPS) is 6.91. The minimum atomic E-state index is -0.213. The minimum Gasteiger partial charge on any atom is -0.463 e. The highest BCUT2D eigenvalue weighted by molar-refractivity contribution is 5.66. The first-order valence-electron chi connectivity index (χ1n) is 4.30. The van der Waals surface area contributed by atoms with Crippen LogP contribution in [0.25, 0.3) is 0 Å². The molecule has 0 aromatic heterocycles. The summed E-state index contributed by atoms with van der Waals surface area (Å²) in [6.07, 6.45) is 0.0255. The fraction of sp³-hybridized carbons (Fsp3) is 0.889. The van der Waals surface area contributed by atoms with Crippen molar-refractivity contribution in [3.63, 3.8) is 0 Å². The maximum Gasteiger partial charge on any atom is 0.302 e. The van der Waals surface area contributed by atoms with Crippen molar-refractivity contribution in [3.8, 4) is 0 Å². The summed E-state index contributed by atoms with van der Waals surface area (Å²) in [7, 11) is 0. The smallest absolute Gasteiger partial charge is 0.302 e. The summed E-state index contributed by atoms with van der Waals surface area (Å²) < 4.78 is 4.61. The number of esters is 1. The number of hydrogen-bond donors (Lipinski definition) is 0. The maximum absolute atomic E-state index is 10.0. The van der Waals surface area contributed by atoms with Crippen LogP contribution in [0.4, 0.5) is 0 Å². The van der Waals surface area contributed by atoms with E-state index in [-0.39, 0.29) is 12.1 Å². The van der Waals surface area contributed by atoms with Crippen LogP contribution in [0.2, 0.25) is 0 Å². The fourth-order valence-electron chi connectivity index (χ4n) is 0.332. The van der Waals surface area contributed by atoms with Crippen molar-refractivity contribution in [2.75, 3.05) is 0 Å². The predicted octanol–water partition coefficient (Wildman–Crippen LogP) is 3.01. The lowest BCUT2D eigenvalue weighted by molar-refractivity contribution is -0.144. The van der Waals surface area contributed by atoms with E-state index < -0.39 is 0 Å². The molecule has 0 aliphatic rings. The Balaban J connectivity index is -0.000000138. The van der Waals surface area contributed by atoms with Crippen LogP contribution >= 0.6 is 0 Å². The van der Waals surface area contributed by atoms with Crippen LogP contribution in [0.15, 0.2) is 0 Å². The molecule has 0 atom stereocenters. The number of rotatable bonds is 1. The summed E-state index contributed by atoms with van der Waals surface area (Å²) in [5.74, 6) is -0.213. The molecule has 0 unspecified atom stereocenters. The van der Waals surface area contributed by atoms with Crippen LogP contribution in [-0.4, -0.2) is 12.1 Å². The summed E-state index contributed by atoms with van der Waals surface area (Å²) in [6, 6.07) is 0. The molecule has 0 spiro atoms. The zero-order valence-electron chi connectivity index (χ0n) is 8.89. The van der Waals surface area contributed by atoms with Gasteiger partial charge in [0.25, 0.3) is 0 Å². The van der Waals surface area contributed by atoms with Crippen molar-refractivity contribution in [3.05, 3.63) is 0 Å². The van der Waals surface area contributed by atoms with Gasteiger partial charge in [0.15, 0.2) is 0 Å². The van der Waals surface area contributed by atoms with Gasteiger partial charge in [-0.15, -0.1) is 0 Å². The second-order valence-corrected chi connectivity index (χ2v) is 1.66. The van der Waals surface area contributed by atoms with E-state index in [0.29, 0.717) is 0 Å². The zero-order chi connectivity index (χ0) is 9.86. The van der Waals surface area contributed by atoms with Crippen LogP contribution in [0.5, 0.6) is 0 Å². The van der Waals surface area contributed by atoms with Gasteiger partial charge in [0.05, 0.1) is 6.10 Å². The van der Waals surface area contributed by atoms with Gasteiger partial charge in [-0.1, -0.05) is 27.7 Å². The molecule has 11 heavy (non-hydrogen) atoms. The van der Waals surface area contributed by atoms with Gasteiger partial charge in [0.2, 0.25) is 0 Å². The van der Waals surface area contributed by atoms with Gasteiger partial charge >= 0.3 is 5.97 Å². The lowest BCUT2D eigenvalue weighted by Gasteiger charge is -2.01. The number of carbonyl (C=O) groups is 1. The zero-order valence-corrected chi connectivity index (χ0v) is 8.89. The highest BCUT2D eigenvalue weighted by atomic mass is 16.5. The molecule has 0 radical (unpaired) electrons. The first kappa shape index (κ1) is 16.8. The van der Waals surface area contributed by atoms with Gasteiger partial charge in [-0.05, 0) is 13.8 Å². The molecular formula is C9H22O2. The topological polar surface area (TPSA) is 26.3 Å². The van der Waals surface area contributed by atoms with Crippen LogP contribution < -0.4 is 0 Å². The number of hydrogen-bond acceptors (Lipinski definition) is 2. The second kappa shape index (κ2) is 16.2. The van der Waals surface area contributed by atoms with Gasteiger partial charge < -0.3 is 4.74 Å². The summed E-state index contributed by atoms with van der Waals surface area (Å²) >= 11 is 0. The summed E-state index contributed by atoms with van der Waals surface area (Å²) in [4.78, 5) is 10.0. The molecule has 2 nitrogen and oxygen atoms in total. The molecule has 0 amide bonds. The third-order valence-electron chi connectivity index (χ3n) is 0.402. The Morgan fingerprint density at radius 3 is 1.36 bits per heavy atom. The van der Waals surface area contributed by atoms with E-state index in [9.17, 15) is 4.79 Å². The Morgan fingerprint density at radius 1 is 1.09 bits per heavy atom. The molecule has 0 fully saturated rings. The van der Waals surface area contributed by atoms with Gasteiger partial charge in [-0.25, -0.2) is 0 Å². The second-order valence-electron chi connectivity index (χ2n) is 1.66. The molecule has 0 saturated carbocycles. The molecule has 0 saturated heterocycles. The average molecular weight is 162 g/mol. The lowest BCUT2D eigenvalue weighted by Crippen LogP contribution is -2.06. The summed E-state index contributed by atoms with van der Waals surface area (Å²) in [6.45, 7) is 13.0. The number of carbonyl (C=O) groups excluding carboxylic acids is 1. The van der Waals surface area contributed by atoms with Crippen LogP contribution in [0.3, 0.4) is 0 Å². The Morgan fingerprint density at radius 2 is 1.36 bits per heavy atom. The maximum atomic E-state index is 10.0. The van der Waals surface area contributed by atoms with Crippen LogP contribution in [0, 0.1) is 0 Å². The molecular weight excluding hydrogens is 140 g/mol. The van der Waals surface area contributed by atoms with Crippen molar-refractivity contribution in [2.45, 2.75) is 54.6 Å². The van der Waals surface area contributed by atoms with Gasteiger partial charge in [-0.3, -0.25) is 4.79 Å². The fourth-order valence-corrected chi connectivity index (χ4v) is 0.332. The van der Waals surface area contributed by atoms with Gasteiger partial charge in [0.1, 0.15) is 0 Å². The third kappa shape index (κ3) is 43.9. The minimum absolute atomic E-state index is 0.0255. The third-order valence-corrected chi connectivity index (χ3v) is 0.402. The lowest BCUT2D eigenvalue weighted by atomic mass is 10.5. The predicted molar refractivity (Wildman–Crippen MR) is 49.6 cm³/mol. The SMILES string of the molecule is CC.CC.CC(=O)OC(C)C. The number of ether oxygens (including phenoxy) is 1. The summed E-state index contributed by atoms with van der Waals surface area (Å²) in [5, 5.41) is 0. The van der Waals surface area contributed by atoms with Gasteiger partial charge in [0, 0.05) is 6.92 Å². The molecule has 0 heterocycles. The Labute approximate surface area is 70.9 Å². The van der Waals surface area contributed by atoms with E-state index >= 15 is 0 Å². The highest BCUT2D eigenvalue weighted by Crippen LogP contribution is 1.85. The van der Waals surface area contributed by atoms with Crippen LogP contribution in [-0.2, 0) is 9.53 Å². The largest absolute Gasteiger partial charge is 0.463 e. The van der Waals surface area contributed by atoms with E-state index in [2.05, 4.69) is 4.74 Å². The summed E-state index contributed by atoms with van der Waals surface area (Å²) in [5.41, 5.74) is 0. The van der Waals surface area contributed by atoms with Crippen molar-refractivity contribution in [1.82, 2.24) is 0 Å². The van der Waals surface area contributed by atoms with E-state index in [1.807, 2.05) is 41.5 Å². The molecule has 0 bridgehead atoms. The van der Waals surface area contributed by atoms with E-state index in [4.69, 9.17) is 0 Å². The molecule has 0 aliphatic heterocycles. The molecule has 0 aromatic rings. The first-order valence-corrected chi connectivity index (χ1v) is 4.30. The van der Waals surface area contributed by atoms with Crippen molar-refractivity contribution < 1.29 is 9.53 Å². The Kier molecular flexibility index (Phi) is 24.8. The van der Waals surface area contributed by atoms with Gasteiger partial charge in [-0.2, -0.15) is 0 Å².